The van der Waals surface area contributed by atoms with Crippen molar-refractivity contribution in [1.29, 1.82) is 0 Å². The third-order valence-electron chi connectivity index (χ3n) is 6.84. The Balaban J connectivity index is 1.20. The Morgan fingerprint density at radius 3 is 2.58 bits per heavy atom. The minimum Gasteiger partial charge on any atom is -0.342 e. The Morgan fingerprint density at radius 2 is 1.84 bits per heavy atom. The number of amides is 2. The summed E-state index contributed by atoms with van der Waals surface area (Å²) in [5.41, 5.74) is 1.30. The summed E-state index contributed by atoms with van der Waals surface area (Å²) in [6.45, 7) is 3.98. The molecular weight excluding hydrogens is 388 g/mol. The van der Waals surface area contributed by atoms with Gasteiger partial charge in [0.15, 0.2) is 0 Å². The molecule has 1 aromatic heterocycles. The number of piperidine rings is 2. The quantitative estimate of drug-likeness (QED) is 0.655. The molecule has 31 heavy (non-hydrogen) atoms. The highest BCUT2D eigenvalue weighted by atomic mass is 16.2. The zero-order valence-corrected chi connectivity index (χ0v) is 18.4. The van der Waals surface area contributed by atoms with Crippen molar-refractivity contribution in [2.24, 2.45) is 11.8 Å². The number of benzene rings is 1. The first-order valence-electron chi connectivity index (χ1n) is 11.8. The summed E-state index contributed by atoms with van der Waals surface area (Å²) >= 11 is 0. The maximum absolute atomic E-state index is 13.1. The molecule has 0 aliphatic carbocycles. The summed E-state index contributed by atoms with van der Waals surface area (Å²) in [6, 6.07) is 12.3. The Hall–Kier alpha value is -2.63. The first-order valence-corrected chi connectivity index (χ1v) is 11.8. The van der Waals surface area contributed by atoms with Gasteiger partial charge in [0, 0.05) is 51.5 Å². The summed E-state index contributed by atoms with van der Waals surface area (Å²) in [7, 11) is 0. The van der Waals surface area contributed by atoms with E-state index in [0.29, 0.717) is 25.3 Å². The molecule has 166 valence electrons. The van der Waals surface area contributed by atoms with Crippen molar-refractivity contribution in [2.45, 2.75) is 51.5 Å². The second kappa shape index (κ2) is 10.6. The standard InChI is InChI=1S/C25H34N4O2/c30-24-10-9-23(20-28(24)15-4-8-21-6-2-1-3-7-21)25(31)27-17-11-22(12-18-27)13-19-29-16-5-14-26-29/h1-3,5-7,14,16,22-23H,4,8-13,15,17-20H2/t23-/m1/s1. The fourth-order valence-corrected chi connectivity index (χ4v) is 4.90. The van der Waals surface area contributed by atoms with Crippen molar-refractivity contribution in [1.82, 2.24) is 19.6 Å². The fourth-order valence-electron chi connectivity index (χ4n) is 4.90. The Morgan fingerprint density at radius 1 is 1.03 bits per heavy atom. The van der Waals surface area contributed by atoms with E-state index in [-0.39, 0.29) is 17.7 Å². The first kappa shape index (κ1) is 21.6. The van der Waals surface area contributed by atoms with Gasteiger partial charge in [-0.15, -0.1) is 0 Å². The van der Waals surface area contributed by atoms with E-state index in [9.17, 15) is 9.59 Å². The average molecular weight is 423 g/mol. The van der Waals surface area contributed by atoms with E-state index < -0.39 is 0 Å². The van der Waals surface area contributed by atoms with Crippen LogP contribution in [0, 0.1) is 11.8 Å². The lowest BCUT2D eigenvalue weighted by Crippen LogP contribution is -2.49. The number of nitrogens with zero attached hydrogens (tertiary/aromatic N) is 4. The molecule has 2 fully saturated rings. The molecule has 6 nitrogen and oxygen atoms in total. The van der Waals surface area contributed by atoms with Crippen LogP contribution in [0.15, 0.2) is 48.8 Å². The predicted molar refractivity (Wildman–Crippen MR) is 120 cm³/mol. The third kappa shape index (κ3) is 5.96. The van der Waals surface area contributed by atoms with Gasteiger partial charge in [-0.1, -0.05) is 30.3 Å². The minimum absolute atomic E-state index is 0.0324. The highest BCUT2D eigenvalue weighted by molar-refractivity contribution is 5.84. The maximum Gasteiger partial charge on any atom is 0.227 e. The highest BCUT2D eigenvalue weighted by Crippen LogP contribution is 2.25. The second-order valence-electron chi connectivity index (χ2n) is 8.99. The first-order chi connectivity index (χ1) is 15.2. The van der Waals surface area contributed by atoms with Gasteiger partial charge in [0.25, 0.3) is 0 Å². The Kier molecular flexibility index (Phi) is 7.39. The molecule has 2 saturated heterocycles. The number of carbonyl (C=O) groups excluding carboxylic acids is 2. The maximum atomic E-state index is 13.1. The van der Waals surface area contributed by atoms with Crippen LogP contribution in [0.2, 0.25) is 0 Å². The smallest absolute Gasteiger partial charge is 0.227 e. The second-order valence-corrected chi connectivity index (χ2v) is 8.99. The summed E-state index contributed by atoms with van der Waals surface area (Å²) < 4.78 is 1.99. The number of carbonyl (C=O) groups is 2. The summed E-state index contributed by atoms with van der Waals surface area (Å²) in [4.78, 5) is 29.5. The molecule has 4 rings (SSSR count). The van der Waals surface area contributed by atoms with Crippen molar-refractivity contribution in [3.63, 3.8) is 0 Å². The van der Waals surface area contributed by atoms with Crippen molar-refractivity contribution < 1.29 is 9.59 Å². The number of rotatable bonds is 8. The van der Waals surface area contributed by atoms with Gasteiger partial charge < -0.3 is 9.80 Å². The van der Waals surface area contributed by atoms with Crippen LogP contribution in [0.3, 0.4) is 0 Å². The molecule has 0 unspecified atom stereocenters. The molecule has 2 aromatic rings. The van der Waals surface area contributed by atoms with E-state index in [4.69, 9.17) is 0 Å². The molecule has 2 amide bonds. The van der Waals surface area contributed by atoms with Crippen molar-refractivity contribution >= 4 is 11.8 Å². The van der Waals surface area contributed by atoms with Crippen LogP contribution in [0.4, 0.5) is 0 Å². The average Bonchev–Trinajstić information content (AvgIpc) is 3.33. The Bertz CT molecular complexity index is 828. The number of aryl methyl sites for hydroxylation is 2. The molecule has 2 aliphatic heterocycles. The van der Waals surface area contributed by atoms with E-state index in [1.165, 1.54) is 5.56 Å². The number of aromatic nitrogens is 2. The molecule has 0 N–H and O–H groups in total. The predicted octanol–water partition coefficient (Wildman–Crippen LogP) is 3.38. The molecule has 2 aliphatic rings. The third-order valence-corrected chi connectivity index (χ3v) is 6.84. The topological polar surface area (TPSA) is 58.4 Å². The van der Waals surface area contributed by atoms with Gasteiger partial charge in [0.1, 0.15) is 0 Å². The fraction of sp³-hybridized carbons (Fsp3) is 0.560. The Labute approximate surface area is 185 Å². The SMILES string of the molecule is O=C1CC[C@@H](C(=O)N2CCC(CCn3cccn3)CC2)CN1CCCc1ccccc1. The van der Waals surface area contributed by atoms with Gasteiger partial charge in [0.2, 0.25) is 11.8 Å². The van der Waals surface area contributed by atoms with Gasteiger partial charge in [0.05, 0.1) is 5.92 Å². The van der Waals surface area contributed by atoms with Gasteiger partial charge >= 0.3 is 0 Å². The van der Waals surface area contributed by atoms with Crippen LogP contribution in [0.5, 0.6) is 0 Å². The molecule has 3 heterocycles. The highest BCUT2D eigenvalue weighted by Gasteiger charge is 2.33. The summed E-state index contributed by atoms with van der Waals surface area (Å²) in [5.74, 6) is 1.09. The molecule has 0 spiro atoms. The van der Waals surface area contributed by atoms with Gasteiger partial charge in [-0.25, -0.2) is 0 Å². The lowest BCUT2D eigenvalue weighted by molar-refractivity contribution is -0.144. The van der Waals surface area contributed by atoms with Gasteiger partial charge in [-0.3, -0.25) is 14.3 Å². The van der Waals surface area contributed by atoms with Crippen LogP contribution in [0.25, 0.3) is 0 Å². The number of hydrogen-bond acceptors (Lipinski definition) is 3. The van der Waals surface area contributed by atoms with Crippen molar-refractivity contribution in [3.8, 4) is 0 Å². The monoisotopic (exact) mass is 422 g/mol. The van der Waals surface area contributed by atoms with Crippen LogP contribution in [-0.2, 0) is 22.6 Å². The van der Waals surface area contributed by atoms with Crippen LogP contribution in [0.1, 0.15) is 44.1 Å². The van der Waals surface area contributed by atoms with Gasteiger partial charge in [-0.05, 0) is 56.1 Å². The minimum atomic E-state index is -0.0324. The molecular formula is C25H34N4O2. The van der Waals surface area contributed by atoms with E-state index >= 15 is 0 Å². The zero-order chi connectivity index (χ0) is 21.5. The van der Waals surface area contributed by atoms with E-state index in [1.54, 1.807) is 0 Å². The number of hydrogen-bond donors (Lipinski definition) is 0. The zero-order valence-electron chi connectivity index (χ0n) is 18.4. The molecule has 6 heteroatoms. The van der Waals surface area contributed by atoms with E-state index in [0.717, 1.165) is 58.3 Å². The normalized spacial score (nSPS) is 20.3. The van der Waals surface area contributed by atoms with Crippen molar-refractivity contribution in [3.05, 3.63) is 54.4 Å². The molecule has 1 atom stereocenters. The van der Waals surface area contributed by atoms with Crippen molar-refractivity contribution in [2.75, 3.05) is 26.2 Å². The lowest BCUT2D eigenvalue weighted by atomic mass is 9.91. The summed E-state index contributed by atoms with van der Waals surface area (Å²) in [6.07, 6.45) is 10.2. The lowest BCUT2D eigenvalue weighted by Gasteiger charge is -2.38. The largest absolute Gasteiger partial charge is 0.342 e. The molecule has 0 bridgehead atoms. The summed E-state index contributed by atoms with van der Waals surface area (Å²) in [5, 5.41) is 4.28. The van der Waals surface area contributed by atoms with Crippen LogP contribution >= 0.6 is 0 Å². The number of likely N-dealkylation sites (tertiary alicyclic amines) is 2. The molecule has 1 aromatic carbocycles. The van der Waals surface area contributed by atoms with E-state index in [2.05, 4.69) is 29.4 Å². The van der Waals surface area contributed by atoms with E-state index in [1.807, 2.05) is 39.0 Å². The molecule has 0 radical (unpaired) electrons. The molecule has 0 saturated carbocycles. The van der Waals surface area contributed by atoms with Gasteiger partial charge in [-0.2, -0.15) is 5.10 Å². The van der Waals surface area contributed by atoms with Crippen LogP contribution in [-0.4, -0.2) is 57.6 Å². The van der Waals surface area contributed by atoms with Crippen LogP contribution < -0.4 is 0 Å².